The van der Waals surface area contributed by atoms with E-state index in [1.54, 1.807) is 0 Å². The van der Waals surface area contributed by atoms with Gasteiger partial charge in [0.1, 0.15) is 0 Å². The number of nitrogens with zero attached hydrogens (tertiary/aromatic N) is 1. The first-order valence-electron chi connectivity index (χ1n) is 5.12. The highest BCUT2D eigenvalue weighted by atomic mass is 19.4. The van der Waals surface area contributed by atoms with Crippen LogP contribution in [0.1, 0.15) is 12.8 Å². The first-order valence-corrected chi connectivity index (χ1v) is 5.12. The van der Waals surface area contributed by atoms with Gasteiger partial charge in [0.05, 0.1) is 6.61 Å². The summed E-state index contributed by atoms with van der Waals surface area (Å²) in [6.07, 6.45) is -2.40. The number of halogens is 3. The minimum atomic E-state index is -4.50. The fourth-order valence-electron chi connectivity index (χ4n) is 1.93. The highest BCUT2D eigenvalue weighted by Crippen LogP contribution is 2.18. The quantitative estimate of drug-likeness (QED) is 0.762. The number of hydrogen-bond donors (Lipinski definition) is 1. The number of nitrogens with one attached hydrogen (secondary N) is 1. The molecule has 1 aliphatic rings. The van der Waals surface area contributed by atoms with Crippen molar-refractivity contribution in [2.75, 3.05) is 33.3 Å². The molecule has 0 amide bonds. The van der Waals surface area contributed by atoms with Gasteiger partial charge in [-0.2, -0.15) is 0 Å². The first-order chi connectivity index (χ1) is 7.03. The molecule has 1 rings (SSSR count). The van der Waals surface area contributed by atoms with Crippen molar-refractivity contribution >= 4 is 0 Å². The summed E-state index contributed by atoms with van der Waals surface area (Å²) in [5, 5.41) is 3.04. The fraction of sp³-hybridized carbons (Fsp3) is 1.00. The smallest absolute Gasteiger partial charge is 0.318 e. The molecular weight excluding hydrogens is 209 g/mol. The summed E-state index contributed by atoms with van der Waals surface area (Å²) in [6, 6.07) is 0.354. The molecule has 1 saturated heterocycles. The third-order valence-electron chi connectivity index (χ3n) is 2.58. The van der Waals surface area contributed by atoms with E-state index in [-0.39, 0.29) is 6.61 Å². The van der Waals surface area contributed by atoms with Crippen molar-refractivity contribution in [2.24, 2.45) is 0 Å². The minimum Gasteiger partial charge on any atom is -0.318 e. The van der Waals surface area contributed by atoms with Crippen LogP contribution in [0.25, 0.3) is 0 Å². The predicted molar refractivity (Wildman–Crippen MR) is 50.5 cm³/mol. The third kappa shape index (κ3) is 4.81. The van der Waals surface area contributed by atoms with E-state index in [4.69, 9.17) is 0 Å². The van der Waals surface area contributed by atoms with Crippen LogP contribution in [0, 0.1) is 0 Å². The molecule has 1 unspecified atom stereocenters. The Balaban J connectivity index is 2.20. The number of likely N-dealkylation sites (N-methyl/N-ethyl adjacent to an activating group) is 1. The molecule has 0 bridgehead atoms. The van der Waals surface area contributed by atoms with Crippen LogP contribution in [-0.2, 0) is 4.74 Å². The Morgan fingerprint density at radius 1 is 1.47 bits per heavy atom. The second-order valence-electron chi connectivity index (χ2n) is 3.68. The van der Waals surface area contributed by atoms with Gasteiger partial charge in [-0.1, -0.05) is 0 Å². The molecule has 1 atom stereocenters. The van der Waals surface area contributed by atoms with Crippen molar-refractivity contribution in [3.8, 4) is 0 Å². The van der Waals surface area contributed by atoms with E-state index in [9.17, 15) is 13.2 Å². The zero-order chi connectivity index (χ0) is 11.3. The van der Waals surface area contributed by atoms with E-state index in [1.807, 2.05) is 11.9 Å². The topological polar surface area (TPSA) is 24.5 Å². The molecule has 1 aliphatic heterocycles. The van der Waals surface area contributed by atoms with Crippen LogP contribution in [-0.4, -0.2) is 50.6 Å². The van der Waals surface area contributed by atoms with Gasteiger partial charge in [0, 0.05) is 19.1 Å². The molecular formula is C9H17F3N2O. The number of hydrogen-bond acceptors (Lipinski definition) is 3. The van der Waals surface area contributed by atoms with Crippen molar-refractivity contribution in [3.05, 3.63) is 0 Å². The van der Waals surface area contributed by atoms with Crippen LogP contribution in [0.4, 0.5) is 13.2 Å². The van der Waals surface area contributed by atoms with E-state index < -0.39 is 6.36 Å². The summed E-state index contributed by atoms with van der Waals surface area (Å²) >= 11 is 0. The fourth-order valence-corrected chi connectivity index (χ4v) is 1.93. The molecule has 1 N–H and O–H groups in total. The van der Waals surface area contributed by atoms with Gasteiger partial charge >= 0.3 is 6.36 Å². The molecule has 0 aromatic rings. The number of likely N-dealkylation sites (tertiary alicyclic amines) is 1. The molecule has 6 heteroatoms. The lowest BCUT2D eigenvalue weighted by molar-refractivity contribution is -0.325. The van der Waals surface area contributed by atoms with Crippen LogP contribution in [0.5, 0.6) is 0 Å². The number of ether oxygens (including phenoxy) is 1. The zero-order valence-electron chi connectivity index (χ0n) is 8.81. The van der Waals surface area contributed by atoms with E-state index >= 15 is 0 Å². The normalized spacial score (nSPS) is 23.6. The summed E-state index contributed by atoms with van der Waals surface area (Å²) in [6.45, 7) is 1.77. The monoisotopic (exact) mass is 226 g/mol. The van der Waals surface area contributed by atoms with Crippen molar-refractivity contribution in [3.63, 3.8) is 0 Å². The van der Waals surface area contributed by atoms with Gasteiger partial charge in [0.2, 0.25) is 0 Å². The zero-order valence-corrected chi connectivity index (χ0v) is 8.81. The molecule has 0 aromatic carbocycles. The lowest BCUT2D eigenvalue weighted by Gasteiger charge is -2.24. The molecule has 0 radical (unpaired) electrons. The minimum absolute atomic E-state index is 0.274. The van der Waals surface area contributed by atoms with Gasteiger partial charge in [0.15, 0.2) is 0 Å². The first kappa shape index (κ1) is 12.7. The van der Waals surface area contributed by atoms with Gasteiger partial charge in [0.25, 0.3) is 0 Å². The van der Waals surface area contributed by atoms with E-state index in [2.05, 4.69) is 10.1 Å². The van der Waals surface area contributed by atoms with Crippen molar-refractivity contribution in [1.29, 1.82) is 0 Å². The Labute approximate surface area is 87.6 Å². The highest BCUT2D eigenvalue weighted by molar-refractivity contribution is 4.80. The van der Waals surface area contributed by atoms with Crippen LogP contribution < -0.4 is 5.32 Å². The summed E-state index contributed by atoms with van der Waals surface area (Å²) in [5.74, 6) is 0. The third-order valence-corrected chi connectivity index (χ3v) is 2.58. The van der Waals surface area contributed by atoms with E-state index in [1.165, 1.54) is 0 Å². The number of alkyl halides is 3. The Bertz CT molecular complexity index is 187. The largest absolute Gasteiger partial charge is 0.522 e. The Hall–Kier alpha value is -0.330. The summed E-state index contributed by atoms with van der Waals surface area (Å²) < 4.78 is 38.9. The van der Waals surface area contributed by atoms with E-state index in [0.717, 1.165) is 25.9 Å². The molecule has 0 saturated carbocycles. The lowest BCUT2D eigenvalue weighted by Crippen LogP contribution is -2.39. The van der Waals surface area contributed by atoms with Crippen molar-refractivity contribution in [1.82, 2.24) is 10.2 Å². The summed E-state index contributed by atoms with van der Waals surface area (Å²) in [7, 11) is 1.85. The van der Waals surface area contributed by atoms with Crippen LogP contribution in [0.15, 0.2) is 0 Å². The van der Waals surface area contributed by atoms with E-state index in [0.29, 0.717) is 12.6 Å². The van der Waals surface area contributed by atoms with Crippen molar-refractivity contribution < 1.29 is 17.9 Å². The molecule has 1 heterocycles. The maximum Gasteiger partial charge on any atom is 0.522 e. The standard InChI is InChI=1S/C9H17F3N2O/c1-13-7-8-3-2-4-14(8)5-6-15-9(10,11)12/h8,13H,2-7H2,1H3. The van der Waals surface area contributed by atoms with Gasteiger partial charge in [-0.25, -0.2) is 0 Å². The second kappa shape index (κ2) is 5.67. The maximum absolute atomic E-state index is 11.7. The molecule has 0 aromatic heterocycles. The Morgan fingerprint density at radius 3 is 2.80 bits per heavy atom. The second-order valence-corrected chi connectivity index (χ2v) is 3.68. The average Bonchev–Trinajstić information content (AvgIpc) is 2.51. The van der Waals surface area contributed by atoms with Crippen LogP contribution in [0.3, 0.4) is 0 Å². The van der Waals surface area contributed by atoms with Gasteiger partial charge in [-0.3, -0.25) is 9.64 Å². The molecule has 0 spiro atoms. The average molecular weight is 226 g/mol. The highest BCUT2D eigenvalue weighted by Gasteiger charge is 2.30. The molecule has 90 valence electrons. The van der Waals surface area contributed by atoms with Crippen molar-refractivity contribution in [2.45, 2.75) is 25.2 Å². The maximum atomic E-state index is 11.7. The van der Waals surface area contributed by atoms with Crippen LogP contribution >= 0.6 is 0 Å². The predicted octanol–water partition coefficient (Wildman–Crippen LogP) is 1.21. The molecule has 3 nitrogen and oxygen atoms in total. The number of rotatable bonds is 5. The summed E-state index contributed by atoms with van der Waals surface area (Å²) in [5.41, 5.74) is 0. The Kier molecular flexibility index (Phi) is 4.82. The SMILES string of the molecule is CNCC1CCCN1CCOC(F)(F)F. The van der Waals surface area contributed by atoms with Crippen LogP contribution in [0.2, 0.25) is 0 Å². The lowest BCUT2D eigenvalue weighted by atomic mass is 10.2. The Morgan fingerprint density at radius 2 is 2.20 bits per heavy atom. The molecule has 0 aliphatic carbocycles. The van der Waals surface area contributed by atoms with Gasteiger partial charge in [-0.15, -0.1) is 13.2 Å². The molecule has 1 fully saturated rings. The van der Waals surface area contributed by atoms with Gasteiger partial charge in [-0.05, 0) is 26.4 Å². The summed E-state index contributed by atoms with van der Waals surface area (Å²) in [4.78, 5) is 2.04. The van der Waals surface area contributed by atoms with Gasteiger partial charge < -0.3 is 5.32 Å². The molecule has 15 heavy (non-hydrogen) atoms.